The number of sulfonamides is 1. The highest BCUT2D eigenvalue weighted by Gasteiger charge is 2.20. The molecular formula is C10H10ClN3O3S. The highest BCUT2D eigenvalue weighted by molar-refractivity contribution is 7.92. The lowest BCUT2D eigenvalue weighted by molar-refractivity contribution is 0.423. The van der Waals surface area contributed by atoms with E-state index < -0.39 is 10.0 Å². The Morgan fingerprint density at radius 3 is 2.78 bits per heavy atom. The summed E-state index contributed by atoms with van der Waals surface area (Å²) in [6, 6.07) is 4.18. The van der Waals surface area contributed by atoms with Gasteiger partial charge in [-0.3, -0.25) is 4.72 Å². The normalized spacial score (nSPS) is 11.4. The van der Waals surface area contributed by atoms with Gasteiger partial charge in [-0.05, 0) is 24.6 Å². The molecule has 8 heteroatoms. The lowest BCUT2D eigenvalue weighted by Gasteiger charge is -2.09. The number of nitrogens with zero attached hydrogens (tertiary/aromatic N) is 1. The average Bonchev–Trinajstić information content (AvgIpc) is 2.75. The Bertz CT molecular complexity index is 668. The number of aromatic nitrogens is 1. The van der Waals surface area contributed by atoms with Crippen molar-refractivity contribution < 1.29 is 12.9 Å². The van der Waals surface area contributed by atoms with Gasteiger partial charge >= 0.3 is 0 Å². The van der Waals surface area contributed by atoms with E-state index in [2.05, 4.69) is 14.4 Å². The van der Waals surface area contributed by atoms with Crippen molar-refractivity contribution in [1.82, 2.24) is 5.16 Å². The number of nitrogens with one attached hydrogen (secondary N) is 1. The number of nitrogens with two attached hydrogens (primary N) is 1. The van der Waals surface area contributed by atoms with Gasteiger partial charge in [0.05, 0.1) is 5.02 Å². The van der Waals surface area contributed by atoms with E-state index in [0.717, 1.165) is 0 Å². The Morgan fingerprint density at radius 2 is 2.17 bits per heavy atom. The standard InChI is InChI=1S/C10H10ClN3O3S/c1-6-4-7(11)9(5-8(6)12)18(15,16)14-10-2-3-17-13-10/h2-5H,12H2,1H3,(H,13,14). The van der Waals surface area contributed by atoms with Gasteiger partial charge in [0.2, 0.25) is 0 Å². The van der Waals surface area contributed by atoms with Crippen LogP contribution in [0.4, 0.5) is 11.5 Å². The van der Waals surface area contributed by atoms with Crippen molar-refractivity contribution in [2.24, 2.45) is 0 Å². The summed E-state index contributed by atoms with van der Waals surface area (Å²) in [5, 5.41) is 3.55. The smallest absolute Gasteiger partial charge is 0.264 e. The number of halogens is 1. The maximum atomic E-state index is 12.1. The zero-order valence-electron chi connectivity index (χ0n) is 9.34. The van der Waals surface area contributed by atoms with Crippen LogP contribution in [0.3, 0.4) is 0 Å². The zero-order valence-corrected chi connectivity index (χ0v) is 10.9. The fourth-order valence-corrected chi connectivity index (χ4v) is 2.94. The van der Waals surface area contributed by atoms with Gasteiger partial charge in [-0.25, -0.2) is 8.42 Å². The van der Waals surface area contributed by atoms with Crippen LogP contribution >= 0.6 is 11.6 Å². The van der Waals surface area contributed by atoms with Gasteiger partial charge < -0.3 is 10.3 Å². The van der Waals surface area contributed by atoms with Crippen molar-refractivity contribution in [3.8, 4) is 0 Å². The van der Waals surface area contributed by atoms with Crippen LogP contribution in [0.5, 0.6) is 0 Å². The summed E-state index contributed by atoms with van der Waals surface area (Å²) < 4.78 is 30.9. The lowest BCUT2D eigenvalue weighted by Crippen LogP contribution is -2.14. The third-order valence-electron chi connectivity index (χ3n) is 2.29. The van der Waals surface area contributed by atoms with Gasteiger partial charge in [0.1, 0.15) is 11.2 Å². The summed E-state index contributed by atoms with van der Waals surface area (Å²) in [5.41, 5.74) is 6.73. The molecule has 18 heavy (non-hydrogen) atoms. The van der Waals surface area contributed by atoms with Crippen LogP contribution in [0.25, 0.3) is 0 Å². The minimum Gasteiger partial charge on any atom is -0.398 e. The highest BCUT2D eigenvalue weighted by Crippen LogP contribution is 2.27. The van der Waals surface area contributed by atoms with Gasteiger partial charge in [0.15, 0.2) is 5.82 Å². The topological polar surface area (TPSA) is 98.2 Å². The first-order chi connectivity index (χ1) is 8.40. The van der Waals surface area contributed by atoms with Crippen molar-refractivity contribution in [2.45, 2.75) is 11.8 Å². The van der Waals surface area contributed by atoms with Crippen LogP contribution in [0, 0.1) is 6.92 Å². The molecule has 0 spiro atoms. The summed E-state index contributed by atoms with van der Waals surface area (Å²) in [5.74, 6) is 0.0743. The second kappa shape index (κ2) is 4.51. The van der Waals surface area contributed by atoms with Gasteiger partial charge in [-0.2, -0.15) is 0 Å². The fourth-order valence-electron chi connectivity index (χ4n) is 1.33. The van der Waals surface area contributed by atoms with Crippen molar-refractivity contribution in [3.05, 3.63) is 35.0 Å². The maximum absolute atomic E-state index is 12.1. The SMILES string of the molecule is Cc1cc(Cl)c(S(=O)(=O)Nc2ccon2)cc1N. The van der Waals surface area contributed by atoms with Crippen molar-refractivity contribution in [3.63, 3.8) is 0 Å². The predicted octanol–water partition coefficient (Wildman–Crippen LogP) is 2.02. The Labute approximate surface area is 109 Å². The highest BCUT2D eigenvalue weighted by atomic mass is 35.5. The molecule has 2 aromatic rings. The number of benzene rings is 1. The first-order valence-corrected chi connectivity index (χ1v) is 6.75. The number of hydrogen-bond acceptors (Lipinski definition) is 5. The molecule has 0 bridgehead atoms. The van der Waals surface area contributed by atoms with Gasteiger partial charge in [-0.1, -0.05) is 16.8 Å². The summed E-state index contributed by atoms with van der Waals surface area (Å²) in [6.45, 7) is 1.74. The first kappa shape index (κ1) is 12.7. The first-order valence-electron chi connectivity index (χ1n) is 4.89. The Balaban J connectivity index is 2.44. The molecule has 1 aromatic heterocycles. The van der Waals surface area contributed by atoms with E-state index in [1.807, 2.05) is 0 Å². The van der Waals surface area contributed by atoms with Crippen LogP contribution < -0.4 is 10.5 Å². The minimum atomic E-state index is -3.84. The van der Waals surface area contributed by atoms with Crippen LogP contribution in [-0.2, 0) is 10.0 Å². The quantitative estimate of drug-likeness (QED) is 0.842. The Morgan fingerprint density at radius 1 is 1.44 bits per heavy atom. The van der Waals surface area contributed by atoms with E-state index in [9.17, 15) is 8.42 Å². The number of aryl methyl sites for hydroxylation is 1. The molecule has 0 saturated heterocycles. The molecule has 3 N–H and O–H groups in total. The molecule has 0 fully saturated rings. The van der Waals surface area contributed by atoms with Gasteiger partial charge in [0.25, 0.3) is 10.0 Å². The second-order valence-electron chi connectivity index (χ2n) is 3.63. The number of anilines is 2. The van der Waals surface area contributed by atoms with Crippen molar-refractivity contribution in [1.29, 1.82) is 0 Å². The van der Waals surface area contributed by atoms with E-state index in [-0.39, 0.29) is 15.7 Å². The molecule has 6 nitrogen and oxygen atoms in total. The number of hydrogen-bond donors (Lipinski definition) is 2. The van der Waals surface area contributed by atoms with E-state index in [1.54, 1.807) is 6.92 Å². The van der Waals surface area contributed by atoms with Crippen LogP contribution in [0.2, 0.25) is 5.02 Å². The molecular weight excluding hydrogens is 278 g/mol. The third-order valence-corrected chi connectivity index (χ3v) is 4.11. The Kier molecular flexibility index (Phi) is 3.18. The van der Waals surface area contributed by atoms with Gasteiger partial charge in [0, 0.05) is 11.8 Å². The molecule has 0 unspecified atom stereocenters. The molecule has 0 amide bonds. The molecule has 1 aromatic carbocycles. The van der Waals surface area contributed by atoms with Crippen LogP contribution in [0.1, 0.15) is 5.56 Å². The van der Waals surface area contributed by atoms with Crippen molar-refractivity contribution >= 4 is 33.1 Å². The Hall–Kier alpha value is -1.73. The fraction of sp³-hybridized carbons (Fsp3) is 0.100. The summed E-state index contributed by atoms with van der Waals surface area (Å²) in [4.78, 5) is -0.102. The second-order valence-corrected chi connectivity index (χ2v) is 5.69. The number of nitrogen functional groups attached to an aromatic ring is 1. The molecule has 1 heterocycles. The third kappa shape index (κ3) is 2.41. The molecule has 96 valence electrons. The molecule has 0 radical (unpaired) electrons. The number of rotatable bonds is 3. The molecule has 0 aliphatic carbocycles. The van der Waals surface area contributed by atoms with E-state index in [4.69, 9.17) is 17.3 Å². The summed E-state index contributed by atoms with van der Waals surface area (Å²) >= 11 is 5.91. The maximum Gasteiger partial charge on any atom is 0.264 e. The van der Waals surface area contributed by atoms with E-state index in [0.29, 0.717) is 11.3 Å². The zero-order chi connectivity index (χ0) is 13.3. The van der Waals surface area contributed by atoms with E-state index in [1.165, 1.54) is 24.5 Å². The molecule has 0 aliphatic heterocycles. The predicted molar refractivity (Wildman–Crippen MR) is 67.9 cm³/mol. The molecule has 0 aliphatic rings. The summed E-state index contributed by atoms with van der Waals surface area (Å²) in [7, 11) is -3.84. The lowest BCUT2D eigenvalue weighted by atomic mass is 10.2. The monoisotopic (exact) mass is 287 g/mol. The van der Waals surface area contributed by atoms with Crippen LogP contribution in [-0.4, -0.2) is 13.6 Å². The largest absolute Gasteiger partial charge is 0.398 e. The van der Waals surface area contributed by atoms with Crippen LogP contribution in [0.15, 0.2) is 33.9 Å². The van der Waals surface area contributed by atoms with Crippen molar-refractivity contribution in [2.75, 3.05) is 10.5 Å². The van der Waals surface area contributed by atoms with E-state index >= 15 is 0 Å². The van der Waals surface area contributed by atoms with Gasteiger partial charge in [-0.15, -0.1) is 0 Å². The molecule has 0 atom stereocenters. The average molecular weight is 288 g/mol. The minimum absolute atomic E-state index is 0.0743. The molecule has 2 rings (SSSR count). The summed E-state index contributed by atoms with van der Waals surface area (Å²) in [6.07, 6.45) is 1.25. The molecule has 0 saturated carbocycles.